The Morgan fingerprint density at radius 2 is 2.14 bits per heavy atom. The van der Waals surface area contributed by atoms with E-state index in [2.05, 4.69) is 15.2 Å². The van der Waals surface area contributed by atoms with Crippen LogP contribution in [0.4, 0.5) is 4.39 Å². The van der Waals surface area contributed by atoms with Gasteiger partial charge in [0.25, 0.3) is 5.56 Å². The molecule has 2 heterocycles. The van der Waals surface area contributed by atoms with E-state index in [-0.39, 0.29) is 5.56 Å². The van der Waals surface area contributed by atoms with Gasteiger partial charge in [0.05, 0.1) is 11.9 Å². The van der Waals surface area contributed by atoms with Crippen LogP contribution in [-0.2, 0) is 0 Å². The Hall–Kier alpha value is -2.04. The Labute approximate surface area is 78.4 Å². The molecule has 0 saturated carbocycles. The Kier molecular flexibility index (Phi) is 2.06. The Morgan fingerprint density at radius 3 is 2.79 bits per heavy atom. The number of aromatic amines is 1. The number of hydrogen-bond acceptors (Lipinski definition) is 3. The van der Waals surface area contributed by atoms with Crippen molar-refractivity contribution in [3.63, 3.8) is 0 Å². The molecular formula is C9H6FN3O. The molecule has 5 heteroatoms. The lowest BCUT2D eigenvalue weighted by Gasteiger charge is -1.99. The molecule has 2 aromatic heterocycles. The summed E-state index contributed by atoms with van der Waals surface area (Å²) in [7, 11) is 0. The minimum Gasteiger partial charge on any atom is -0.268 e. The number of nitrogens with one attached hydrogen (secondary N) is 1. The first-order valence-corrected chi connectivity index (χ1v) is 3.93. The average molecular weight is 191 g/mol. The Balaban J connectivity index is 2.55. The van der Waals surface area contributed by atoms with Crippen LogP contribution in [0.25, 0.3) is 11.3 Å². The number of H-pyrrole nitrogens is 1. The second-order valence-corrected chi connectivity index (χ2v) is 2.66. The van der Waals surface area contributed by atoms with Gasteiger partial charge in [0, 0.05) is 17.8 Å². The van der Waals surface area contributed by atoms with Gasteiger partial charge in [0.15, 0.2) is 5.82 Å². The number of nitrogens with zero attached hydrogens (tertiary/aromatic N) is 2. The van der Waals surface area contributed by atoms with Crippen LogP contribution in [0.5, 0.6) is 0 Å². The van der Waals surface area contributed by atoms with Crippen molar-refractivity contribution in [2.24, 2.45) is 0 Å². The molecule has 0 aliphatic rings. The van der Waals surface area contributed by atoms with Crippen LogP contribution < -0.4 is 5.56 Å². The second kappa shape index (κ2) is 3.37. The van der Waals surface area contributed by atoms with Crippen molar-refractivity contribution in [1.82, 2.24) is 15.2 Å². The monoisotopic (exact) mass is 191 g/mol. The molecule has 0 spiro atoms. The maximum absolute atomic E-state index is 13.2. The van der Waals surface area contributed by atoms with E-state index >= 15 is 0 Å². The third-order valence-electron chi connectivity index (χ3n) is 1.73. The van der Waals surface area contributed by atoms with Crippen LogP contribution in [0.15, 0.2) is 35.4 Å². The molecule has 0 bridgehead atoms. The number of aromatic nitrogens is 3. The van der Waals surface area contributed by atoms with E-state index in [1.165, 1.54) is 24.4 Å². The SMILES string of the molecule is O=c1ccc(-c2ccncc2F)n[nH]1. The van der Waals surface area contributed by atoms with Crippen LogP contribution >= 0.6 is 0 Å². The maximum Gasteiger partial charge on any atom is 0.264 e. The number of hydrogen-bond donors (Lipinski definition) is 1. The number of rotatable bonds is 1. The zero-order valence-corrected chi connectivity index (χ0v) is 7.07. The van der Waals surface area contributed by atoms with E-state index in [0.717, 1.165) is 6.20 Å². The Bertz CT molecular complexity index is 489. The van der Waals surface area contributed by atoms with Crippen LogP contribution in [0.1, 0.15) is 0 Å². The lowest BCUT2D eigenvalue weighted by Crippen LogP contribution is -2.06. The van der Waals surface area contributed by atoms with Gasteiger partial charge >= 0.3 is 0 Å². The quantitative estimate of drug-likeness (QED) is 0.730. The van der Waals surface area contributed by atoms with E-state index in [1.54, 1.807) is 0 Å². The first kappa shape index (κ1) is 8.55. The predicted octanol–water partition coefficient (Wildman–Crippen LogP) is 0.971. The molecule has 0 atom stereocenters. The van der Waals surface area contributed by atoms with Gasteiger partial charge in [-0.25, -0.2) is 9.49 Å². The molecule has 0 radical (unpaired) electrons. The zero-order valence-electron chi connectivity index (χ0n) is 7.07. The molecule has 1 N–H and O–H groups in total. The average Bonchev–Trinajstić information content (AvgIpc) is 2.20. The molecule has 70 valence electrons. The summed E-state index contributed by atoms with van der Waals surface area (Å²) in [4.78, 5) is 14.3. The normalized spacial score (nSPS) is 10.1. The Morgan fingerprint density at radius 1 is 1.29 bits per heavy atom. The third kappa shape index (κ3) is 1.52. The molecule has 2 aromatic rings. The molecule has 0 aliphatic heterocycles. The summed E-state index contributed by atoms with van der Waals surface area (Å²) in [6.07, 6.45) is 2.56. The van der Waals surface area contributed by atoms with Gasteiger partial charge in [-0.2, -0.15) is 5.10 Å². The summed E-state index contributed by atoms with van der Waals surface area (Å²) in [6.45, 7) is 0. The van der Waals surface area contributed by atoms with E-state index < -0.39 is 5.82 Å². The fourth-order valence-corrected chi connectivity index (χ4v) is 1.08. The molecular weight excluding hydrogens is 185 g/mol. The van der Waals surface area contributed by atoms with Gasteiger partial charge in [0.1, 0.15) is 0 Å². The molecule has 4 nitrogen and oxygen atoms in total. The summed E-state index contributed by atoms with van der Waals surface area (Å²) in [5, 5.41) is 5.94. The van der Waals surface area contributed by atoms with Crippen molar-refractivity contribution >= 4 is 0 Å². The van der Waals surface area contributed by atoms with Crippen LogP contribution in [0.2, 0.25) is 0 Å². The molecule has 14 heavy (non-hydrogen) atoms. The summed E-state index contributed by atoms with van der Waals surface area (Å²) in [5.74, 6) is -0.466. The summed E-state index contributed by atoms with van der Waals surface area (Å²) >= 11 is 0. The van der Waals surface area contributed by atoms with Crippen LogP contribution in [0.3, 0.4) is 0 Å². The molecule has 0 saturated heterocycles. The zero-order chi connectivity index (χ0) is 9.97. The van der Waals surface area contributed by atoms with E-state index in [4.69, 9.17) is 0 Å². The summed E-state index contributed by atoms with van der Waals surface area (Å²) in [5.41, 5.74) is 0.379. The predicted molar refractivity (Wildman–Crippen MR) is 48.0 cm³/mol. The van der Waals surface area contributed by atoms with Crippen molar-refractivity contribution in [1.29, 1.82) is 0 Å². The van der Waals surface area contributed by atoms with Gasteiger partial charge in [-0.3, -0.25) is 9.78 Å². The smallest absolute Gasteiger partial charge is 0.264 e. The second-order valence-electron chi connectivity index (χ2n) is 2.66. The van der Waals surface area contributed by atoms with Crippen LogP contribution in [-0.4, -0.2) is 15.2 Å². The highest BCUT2D eigenvalue weighted by atomic mass is 19.1. The molecule has 0 aromatic carbocycles. The topological polar surface area (TPSA) is 58.6 Å². The van der Waals surface area contributed by atoms with Gasteiger partial charge in [0.2, 0.25) is 0 Å². The van der Waals surface area contributed by atoms with Gasteiger partial charge in [-0.1, -0.05) is 0 Å². The van der Waals surface area contributed by atoms with Crippen molar-refractivity contribution in [2.75, 3.05) is 0 Å². The standard InChI is InChI=1S/C9H6FN3O/c10-7-5-11-4-3-6(7)8-1-2-9(14)13-12-8/h1-5H,(H,13,14). The van der Waals surface area contributed by atoms with Crippen molar-refractivity contribution in [3.8, 4) is 11.3 Å². The lowest BCUT2D eigenvalue weighted by molar-refractivity contribution is 0.624. The van der Waals surface area contributed by atoms with Gasteiger partial charge < -0.3 is 0 Å². The molecule has 0 fully saturated rings. The van der Waals surface area contributed by atoms with Crippen LogP contribution in [0, 0.1) is 5.82 Å². The van der Waals surface area contributed by atoms with E-state index in [9.17, 15) is 9.18 Å². The highest BCUT2D eigenvalue weighted by molar-refractivity contribution is 5.57. The van der Waals surface area contributed by atoms with Gasteiger partial charge in [-0.15, -0.1) is 0 Å². The largest absolute Gasteiger partial charge is 0.268 e. The number of pyridine rings is 1. The summed E-state index contributed by atoms with van der Waals surface area (Å²) in [6, 6.07) is 4.25. The molecule has 0 amide bonds. The van der Waals surface area contributed by atoms with Crippen molar-refractivity contribution in [3.05, 3.63) is 46.8 Å². The maximum atomic E-state index is 13.2. The minimum absolute atomic E-state index is 0.316. The fraction of sp³-hybridized carbons (Fsp3) is 0. The number of halogens is 1. The van der Waals surface area contributed by atoms with Crippen molar-refractivity contribution in [2.45, 2.75) is 0 Å². The van der Waals surface area contributed by atoms with E-state index in [0.29, 0.717) is 11.3 Å². The molecule has 2 rings (SSSR count). The van der Waals surface area contributed by atoms with E-state index in [1.807, 2.05) is 0 Å². The van der Waals surface area contributed by atoms with Crippen molar-refractivity contribution < 1.29 is 4.39 Å². The minimum atomic E-state index is -0.466. The highest BCUT2D eigenvalue weighted by Crippen LogP contribution is 2.17. The van der Waals surface area contributed by atoms with Gasteiger partial charge in [-0.05, 0) is 12.1 Å². The lowest BCUT2D eigenvalue weighted by atomic mass is 10.2. The fourth-order valence-electron chi connectivity index (χ4n) is 1.08. The molecule has 0 unspecified atom stereocenters. The molecule has 0 aliphatic carbocycles. The first-order chi connectivity index (χ1) is 6.77. The first-order valence-electron chi connectivity index (χ1n) is 3.93. The third-order valence-corrected chi connectivity index (χ3v) is 1.73. The summed E-state index contributed by atoms with van der Waals surface area (Å²) < 4.78 is 13.2. The highest BCUT2D eigenvalue weighted by Gasteiger charge is 2.04.